The van der Waals surface area contributed by atoms with E-state index in [9.17, 15) is 0 Å². The number of anilines is 2. The number of piperidine rings is 1. The smallest absolute Gasteiger partial charge is 0.0703 e. The van der Waals surface area contributed by atoms with Crippen molar-refractivity contribution in [2.24, 2.45) is 0 Å². The lowest BCUT2D eigenvalue weighted by Crippen LogP contribution is -2.37. The molecule has 1 aliphatic heterocycles. The lowest BCUT2D eigenvalue weighted by molar-refractivity contribution is 0.484. The lowest BCUT2D eigenvalue weighted by Gasteiger charge is -2.36. The quantitative estimate of drug-likeness (QED) is 0.793. The molecule has 1 atom stereocenters. The fraction of sp³-hybridized carbons (Fsp3) is 0.500. The highest BCUT2D eigenvalue weighted by Crippen LogP contribution is 2.38. The molecule has 1 aromatic carbocycles. The van der Waals surface area contributed by atoms with Gasteiger partial charge in [-0.15, -0.1) is 0 Å². The van der Waals surface area contributed by atoms with Crippen molar-refractivity contribution in [2.75, 3.05) is 17.2 Å². The third-order valence-corrected chi connectivity index (χ3v) is 4.02. The van der Waals surface area contributed by atoms with Crippen molar-refractivity contribution in [2.45, 2.75) is 32.2 Å². The van der Waals surface area contributed by atoms with Crippen LogP contribution in [0.25, 0.3) is 0 Å². The van der Waals surface area contributed by atoms with E-state index in [-0.39, 0.29) is 0 Å². The third-order valence-electron chi connectivity index (χ3n) is 3.13. The molecule has 0 bridgehead atoms. The molecule has 2 nitrogen and oxygen atoms in total. The average molecular weight is 304 g/mol. The summed E-state index contributed by atoms with van der Waals surface area (Å²) in [6.07, 6.45) is 3.77. The second-order valence-corrected chi connectivity index (χ2v) is 5.63. The molecule has 1 aromatic rings. The summed E-state index contributed by atoms with van der Waals surface area (Å²) in [5.74, 6) is 0. The minimum absolute atomic E-state index is 0.547. The minimum Gasteiger partial charge on any atom is -0.399 e. The number of benzene rings is 1. The van der Waals surface area contributed by atoms with Crippen LogP contribution in [-0.2, 0) is 0 Å². The molecule has 1 unspecified atom stereocenters. The van der Waals surface area contributed by atoms with E-state index in [1.807, 2.05) is 12.1 Å². The zero-order valence-corrected chi connectivity index (χ0v) is 11.7. The maximum absolute atomic E-state index is 6.28. The lowest BCUT2D eigenvalue weighted by atomic mass is 10.0. The molecule has 2 N–H and O–H groups in total. The van der Waals surface area contributed by atoms with Crippen molar-refractivity contribution in [3.63, 3.8) is 0 Å². The summed E-state index contributed by atoms with van der Waals surface area (Å²) in [4.78, 5) is 2.37. The third kappa shape index (κ3) is 2.30. The Morgan fingerprint density at radius 1 is 1.44 bits per heavy atom. The number of nitrogens with zero attached hydrogens (tertiary/aromatic N) is 1. The highest BCUT2D eigenvalue weighted by Gasteiger charge is 2.22. The average Bonchev–Trinajstić information content (AvgIpc) is 2.19. The van der Waals surface area contributed by atoms with Gasteiger partial charge < -0.3 is 10.6 Å². The Labute approximate surface area is 110 Å². The van der Waals surface area contributed by atoms with Crippen LogP contribution in [0.1, 0.15) is 26.2 Å². The first kappa shape index (κ1) is 12.1. The number of hydrogen-bond donors (Lipinski definition) is 1. The van der Waals surface area contributed by atoms with Crippen molar-refractivity contribution in [3.8, 4) is 0 Å². The van der Waals surface area contributed by atoms with Crippen LogP contribution in [0.5, 0.6) is 0 Å². The van der Waals surface area contributed by atoms with E-state index < -0.39 is 0 Å². The number of rotatable bonds is 1. The molecule has 16 heavy (non-hydrogen) atoms. The molecular formula is C12H16BrClN2. The predicted octanol–water partition coefficient (Wildman–Crippen LogP) is 4.06. The molecule has 1 saturated heterocycles. The number of nitrogens with two attached hydrogens (primary N) is 1. The fourth-order valence-corrected chi connectivity index (χ4v) is 3.45. The number of nitrogen functional groups attached to an aromatic ring is 1. The standard InChI is InChI=1S/C12H16BrClN2/c1-8-4-2-3-5-16(8)12-10(13)6-9(15)7-11(12)14/h6-8H,2-5,15H2,1H3. The summed E-state index contributed by atoms with van der Waals surface area (Å²) in [5.41, 5.74) is 7.55. The van der Waals surface area contributed by atoms with Gasteiger partial charge in [0.05, 0.1) is 10.7 Å². The molecule has 1 heterocycles. The summed E-state index contributed by atoms with van der Waals surface area (Å²) in [6, 6.07) is 4.29. The Bertz CT molecular complexity index is 372. The van der Waals surface area contributed by atoms with Crippen LogP contribution in [0, 0.1) is 0 Å². The van der Waals surface area contributed by atoms with Gasteiger partial charge >= 0.3 is 0 Å². The minimum atomic E-state index is 0.547. The fourth-order valence-electron chi connectivity index (χ4n) is 2.29. The van der Waals surface area contributed by atoms with E-state index >= 15 is 0 Å². The molecule has 0 radical (unpaired) electrons. The normalized spacial score (nSPS) is 21.2. The zero-order valence-electron chi connectivity index (χ0n) is 9.34. The molecule has 4 heteroatoms. The summed E-state index contributed by atoms with van der Waals surface area (Å²) < 4.78 is 0.992. The Morgan fingerprint density at radius 3 is 2.81 bits per heavy atom. The SMILES string of the molecule is CC1CCCCN1c1c(Cl)cc(N)cc1Br. The van der Waals surface area contributed by atoms with Crippen LogP contribution in [0.3, 0.4) is 0 Å². The van der Waals surface area contributed by atoms with Gasteiger partial charge in [0.25, 0.3) is 0 Å². The molecule has 1 fully saturated rings. The van der Waals surface area contributed by atoms with Crippen molar-refractivity contribution >= 4 is 38.9 Å². The maximum atomic E-state index is 6.28. The van der Waals surface area contributed by atoms with Gasteiger partial charge in [-0.3, -0.25) is 0 Å². The zero-order chi connectivity index (χ0) is 11.7. The second-order valence-electron chi connectivity index (χ2n) is 4.37. The summed E-state index contributed by atoms with van der Waals surface area (Å²) in [6.45, 7) is 3.32. The van der Waals surface area contributed by atoms with Crippen molar-refractivity contribution in [1.82, 2.24) is 0 Å². The van der Waals surface area contributed by atoms with Crippen LogP contribution in [0.4, 0.5) is 11.4 Å². The van der Waals surface area contributed by atoms with Crippen LogP contribution < -0.4 is 10.6 Å². The van der Waals surface area contributed by atoms with E-state index in [0.717, 1.165) is 21.7 Å². The summed E-state index contributed by atoms with van der Waals surface area (Å²) in [7, 11) is 0. The Morgan fingerprint density at radius 2 is 2.19 bits per heavy atom. The largest absolute Gasteiger partial charge is 0.399 e. The second kappa shape index (κ2) is 4.84. The van der Waals surface area contributed by atoms with Gasteiger partial charge in [-0.2, -0.15) is 0 Å². The van der Waals surface area contributed by atoms with Gasteiger partial charge in [-0.05, 0) is 54.2 Å². The summed E-state index contributed by atoms with van der Waals surface area (Å²) >= 11 is 9.84. The molecule has 0 spiro atoms. The van der Waals surface area contributed by atoms with E-state index in [4.69, 9.17) is 17.3 Å². The van der Waals surface area contributed by atoms with Crippen molar-refractivity contribution in [3.05, 3.63) is 21.6 Å². The first-order chi connectivity index (χ1) is 7.59. The van der Waals surface area contributed by atoms with Crippen LogP contribution in [0.2, 0.25) is 5.02 Å². The van der Waals surface area contributed by atoms with E-state index in [2.05, 4.69) is 27.8 Å². The highest BCUT2D eigenvalue weighted by atomic mass is 79.9. The molecule has 88 valence electrons. The molecular weight excluding hydrogens is 288 g/mol. The van der Waals surface area contributed by atoms with Gasteiger partial charge in [0.15, 0.2) is 0 Å². The molecule has 2 rings (SSSR count). The van der Waals surface area contributed by atoms with Gasteiger partial charge in [0.1, 0.15) is 0 Å². The van der Waals surface area contributed by atoms with Gasteiger partial charge in [-0.1, -0.05) is 11.6 Å². The number of halogens is 2. The van der Waals surface area contributed by atoms with E-state index in [0.29, 0.717) is 11.7 Å². The molecule has 0 saturated carbocycles. The van der Waals surface area contributed by atoms with Crippen LogP contribution in [-0.4, -0.2) is 12.6 Å². The first-order valence-corrected chi connectivity index (χ1v) is 6.78. The van der Waals surface area contributed by atoms with Gasteiger partial charge in [-0.25, -0.2) is 0 Å². The highest BCUT2D eigenvalue weighted by molar-refractivity contribution is 9.10. The van der Waals surface area contributed by atoms with Crippen molar-refractivity contribution in [1.29, 1.82) is 0 Å². The van der Waals surface area contributed by atoms with Gasteiger partial charge in [0.2, 0.25) is 0 Å². The topological polar surface area (TPSA) is 29.3 Å². The summed E-state index contributed by atoms with van der Waals surface area (Å²) in [5, 5.41) is 0.737. The predicted molar refractivity (Wildman–Crippen MR) is 74.2 cm³/mol. The Balaban J connectivity index is 2.38. The Hall–Kier alpha value is -0.410. The molecule has 1 aliphatic rings. The van der Waals surface area contributed by atoms with Gasteiger partial charge in [0, 0.05) is 22.7 Å². The molecule has 0 aliphatic carbocycles. The van der Waals surface area contributed by atoms with Crippen molar-refractivity contribution < 1.29 is 0 Å². The van der Waals surface area contributed by atoms with Crippen LogP contribution >= 0.6 is 27.5 Å². The van der Waals surface area contributed by atoms with E-state index in [1.54, 1.807) is 0 Å². The molecule has 0 aromatic heterocycles. The van der Waals surface area contributed by atoms with E-state index in [1.165, 1.54) is 19.3 Å². The Kier molecular flexibility index (Phi) is 3.65. The number of hydrogen-bond acceptors (Lipinski definition) is 2. The molecule has 0 amide bonds. The first-order valence-electron chi connectivity index (χ1n) is 5.60. The monoisotopic (exact) mass is 302 g/mol. The maximum Gasteiger partial charge on any atom is 0.0703 e. The van der Waals surface area contributed by atoms with Crippen LogP contribution in [0.15, 0.2) is 16.6 Å².